The maximum absolute atomic E-state index is 10.8. The van der Waals surface area contributed by atoms with Crippen LogP contribution in [0.15, 0.2) is 12.2 Å². The predicted octanol–water partition coefficient (Wildman–Crippen LogP) is 1.37. The lowest BCUT2D eigenvalue weighted by atomic mass is 10.3. The van der Waals surface area contributed by atoms with Gasteiger partial charge in [-0.05, 0) is 32.4 Å². The molecule has 0 atom stereocenters. The van der Waals surface area contributed by atoms with Gasteiger partial charge >= 0.3 is 0 Å². The molecular formula is C10H21NO2S. The van der Waals surface area contributed by atoms with E-state index in [2.05, 4.69) is 12.2 Å². The van der Waals surface area contributed by atoms with Crippen LogP contribution < -0.4 is 5.32 Å². The second-order valence-electron chi connectivity index (χ2n) is 3.43. The van der Waals surface area contributed by atoms with Crippen molar-refractivity contribution in [1.29, 1.82) is 0 Å². The molecule has 0 aliphatic heterocycles. The van der Waals surface area contributed by atoms with Crippen molar-refractivity contribution < 1.29 is 8.42 Å². The van der Waals surface area contributed by atoms with Crippen LogP contribution in [-0.2, 0) is 9.84 Å². The summed E-state index contributed by atoms with van der Waals surface area (Å²) in [5, 5.41) is 3.27. The fourth-order valence-electron chi connectivity index (χ4n) is 1.00. The lowest BCUT2D eigenvalue weighted by Gasteiger charge is -1.98. The first-order chi connectivity index (χ1) is 6.56. The number of hydrogen-bond donors (Lipinski definition) is 1. The summed E-state index contributed by atoms with van der Waals surface area (Å²) in [6.45, 7) is 4.16. The van der Waals surface area contributed by atoms with E-state index in [1.54, 1.807) is 0 Å². The van der Waals surface area contributed by atoms with Crippen molar-refractivity contribution in [1.82, 2.24) is 5.32 Å². The Morgan fingerprint density at radius 2 is 1.79 bits per heavy atom. The van der Waals surface area contributed by atoms with Crippen LogP contribution in [0.25, 0.3) is 0 Å². The molecule has 0 aromatic heterocycles. The molecule has 0 spiro atoms. The van der Waals surface area contributed by atoms with Crippen molar-refractivity contribution in [3.63, 3.8) is 0 Å². The average molecular weight is 219 g/mol. The fraction of sp³-hybridized carbons (Fsp3) is 0.800. The molecule has 0 saturated heterocycles. The second-order valence-corrected chi connectivity index (χ2v) is 5.69. The van der Waals surface area contributed by atoms with E-state index in [0.717, 1.165) is 25.9 Å². The van der Waals surface area contributed by atoms with Gasteiger partial charge in [0.15, 0.2) is 0 Å². The summed E-state index contributed by atoms with van der Waals surface area (Å²) in [6.07, 6.45) is 8.00. The Balaban J connectivity index is 3.28. The maximum Gasteiger partial charge on any atom is 0.147 e. The highest BCUT2D eigenvalue weighted by atomic mass is 32.2. The second kappa shape index (κ2) is 8.00. The van der Waals surface area contributed by atoms with Crippen LogP contribution in [0.4, 0.5) is 0 Å². The lowest BCUT2D eigenvalue weighted by Crippen LogP contribution is -2.15. The zero-order valence-corrected chi connectivity index (χ0v) is 9.94. The van der Waals surface area contributed by atoms with Gasteiger partial charge in [-0.15, -0.1) is 0 Å². The summed E-state index contributed by atoms with van der Waals surface area (Å²) in [5.74, 6) is 0.256. The predicted molar refractivity (Wildman–Crippen MR) is 61.2 cm³/mol. The van der Waals surface area contributed by atoms with E-state index in [4.69, 9.17) is 0 Å². The summed E-state index contributed by atoms with van der Waals surface area (Å²) < 4.78 is 21.5. The van der Waals surface area contributed by atoms with Gasteiger partial charge in [-0.25, -0.2) is 8.42 Å². The van der Waals surface area contributed by atoms with Crippen LogP contribution in [0.3, 0.4) is 0 Å². The van der Waals surface area contributed by atoms with E-state index in [1.165, 1.54) is 6.26 Å². The Hall–Kier alpha value is -0.350. The molecule has 0 aromatic carbocycles. The number of sulfone groups is 1. The zero-order valence-electron chi connectivity index (χ0n) is 9.12. The minimum absolute atomic E-state index is 0.256. The molecule has 0 bridgehead atoms. The first-order valence-corrected chi connectivity index (χ1v) is 7.15. The minimum Gasteiger partial charge on any atom is -0.316 e. The number of allylic oxidation sites excluding steroid dienone is 1. The SMILES string of the molecule is CCCNCCC=CCCS(C)(=O)=O. The standard InChI is InChI=1S/C10H21NO2S/c1-3-8-11-9-6-4-5-7-10-14(2,12)13/h4-5,11H,3,6-10H2,1-2H3. The largest absolute Gasteiger partial charge is 0.316 e. The molecule has 0 aromatic rings. The average Bonchev–Trinajstić information content (AvgIpc) is 2.08. The molecule has 0 rings (SSSR count). The molecule has 84 valence electrons. The molecule has 0 aliphatic rings. The van der Waals surface area contributed by atoms with Crippen molar-refractivity contribution in [3.05, 3.63) is 12.2 Å². The van der Waals surface area contributed by atoms with Gasteiger partial charge < -0.3 is 5.32 Å². The van der Waals surface area contributed by atoms with E-state index in [-0.39, 0.29) is 5.75 Å². The van der Waals surface area contributed by atoms with E-state index in [0.29, 0.717) is 6.42 Å². The van der Waals surface area contributed by atoms with Gasteiger partial charge in [-0.1, -0.05) is 19.1 Å². The van der Waals surface area contributed by atoms with Gasteiger partial charge in [0.05, 0.1) is 5.75 Å². The summed E-state index contributed by atoms with van der Waals surface area (Å²) in [5.41, 5.74) is 0. The monoisotopic (exact) mass is 219 g/mol. The fourth-order valence-corrected chi connectivity index (χ4v) is 1.57. The third kappa shape index (κ3) is 11.6. The number of nitrogens with one attached hydrogen (secondary N) is 1. The highest BCUT2D eigenvalue weighted by Gasteiger charge is 1.97. The summed E-state index contributed by atoms with van der Waals surface area (Å²) in [4.78, 5) is 0. The number of rotatable bonds is 8. The van der Waals surface area contributed by atoms with Gasteiger partial charge in [0.2, 0.25) is 0 Å². The molecule has 4 heteroatoms. The maximum atomic E-state index is 10.8. The molecule has 14 heavy (non-hydrogen) atoms. The Kier molecular flexibility index (Phi) is 7.80. The topological polar surface area (TPSA) is 46.2 Å². The van der Waals surface area contributed by atoms with Crippen LogP contribution in [0, 0.1) is 0 Å². The molecular weight excluding hydrogens is 198 g/mol. The van der Waals surface area contributed by atoms with Gasteiger partial charge in [0, 0.05) is 6.26 Å². The third-order valence-corrected chi connectivity index (χ3v) is 2.71. The quantitative estimate of drug-likeness (QED) is 0.495. The smallest absolute Gasteiger partial charge is 0.147 e. The molecule has 0 aliphatic carbocycles. The van der Waals surface area contributed by atoms with Crippen LogP contribution in [0.1, 0.15) is 26.2 Å². The van der Waals surface area contributed by atoms with Crippen molar-refractivity contribution in [3.8, 4) is 0 Å². The van der Waals surface area contributed by atoms with Gasteiger partial charge in [-0.3, -0.25) is 0 Å². The van der Waals surface area contributed by atoms with Gasteiger partial charge in [0.1, 0.15) is 9.84 Å². The zero-order chi connectivity index (χ0) is 10.9. The minimum atomic E-state index is -2.79. The van der Waals surface area contributed by atoms with Crippen molar-refractivity contribution >= 4 is 9.84 Å². The van der Waals surface area contributed by atoms with Crippen molar-refractivity contribution in [2.24, 2.45) is 0 Å². The van der Waals surface area contributed by atoms with Crippen LogP contribution in [0.2, 0.25) is 0 Å². The molecule has 0 radical (unpaired) electrons. The van der Waals surface area contributed by atoms with E-state index >= 15 is 0 Å². The highest BCUT2D eigenvalue weighted by Crippen LogP contribution is 1.91. The van der Waals surface area contributed by atoms with Gasteiger partial charge in [-0.2, -0.15) is 0 Å². The van der Waals surface area contributed by atoms with E-state index < -0.39 is 9.84 Å². The Bertz CT molecular complexity index is 245. The molecule has 3 nitrogen and oxygen atoms in total. The van der Waals surface area contributed by atoms with Crippen molar-refractivity contribution in [2.75, 3.05) is 25.1 Å². The molecule has 0 fully saturated rings. The van der Waals surface area contributed by atoms with Crippen LogP contribution in [-0.4, -0.2) is 33.5 Å². The molecule has 1 N–H and O–H groups in total. The molecule has 0 unspecified atom stereocenters. The van der Waals surface area contributed by atoms with Crippen molar-refractivity contribution in [2.45, 2.75) is 26.2 Å². The Morgan fingerprint density at radius 3 is 2.36 bits per heavy atom. The summed E-state index contributed by atoms with van der Waals surface area (Å²) in [7, 11) is -2.79. The van der Waals surface area contributed by atoms with Gasteiger partial charge in [0.25, 0.3) is 0 Å². The normalized spacial score (nSPS) is 12.4. The van der Waals surface area contributed by atoms with E-state index in [9.17, 15) is 8.42 Å². The lowest BCUT2D eigenvalue weighted by molar-refractivity contribution is 0.601. The Labute approximate surface area is 87.5 Å². The number of hydrogen-bond acceptors (Lipinski definition) is 3. The third-order valence-electron chi connectivity index (χ3n) is 1.74. The molecule has 0 heterocycles. The van der Waals surface area contributed by atoms with Crippen LogP contribution in [0.5, 0.6) is 0 Å². The van der Waals surface area contributed by atoms with E-state index in [1.807, 2.05) is 12.2 Å². The highest BCUT2D eigenvalue weighted by molar-refractivity contribution is 7.90. The molecule has 0 amide bonds. The Morgan fingerprint density at radius 1 is 1.14 bits per heavy atom. The molecule has 0 saturated carbocycles. The first kappa shape index (κ1) is 13.7. The summed E-state index contributed by atoms with van der Waals surface area (Å²) in [6, 6.07) is 0. The first-order valence-electron chi connectivity index (χ1n) is 5.09. The van der Waals surface area contributed by atoms with Crippen LogP contribution >= 0.6 is 0 Å². The summed E-state index contributed by atoms with van der Waals surface area (Å²) >= 11 is 0.